The van der Waals surface area contributed by atoms with Gasteiger partial charge in [0.05, 0.1) is 5.60 Å². The standard InChI is InChI=1S/C19H28N2O2S/c1-14-12-21(13-16-3-2-10-24-16)9-8-19(14)7-6-17(23-19)18(22)20-11-15-4-5-15/h2-3,10,14-15,17H,4-9,11-13H2,1H3,(H,20,22)/t14-,17-,19+/m0/s1. The second-order valence-electron chi connectivity index (χ2n) is 7.86. The van der Waals surface area contributed by atoms with Gasteiger partial charge in [-0.15, -0.1) is 11.3 Å². The maximum absolute atomic E-state index is 12.3. The summed E-state index contributed by atoms with van der Waals surface area (Å²) >= 11 is 1.83. The van der Waals surface area contributed by atoms with Gasteiger partial charge in [-0.3, -0.25) is 9.69 Å². The van der Waals surface area contributed by atoms with Gasteiger partial charge in [0.15, 0.2) is 0 Å². The molecule has 1 N–H and O–H groups in total. The summed E-state index contributed by atoms with van der Waals surface area (Å²) in [6, 6.07) is 4.34. The minimum atomic E-state index is -0.227. The summed E-state index contributed by atoms with van der Waals surface area (Å²) in [6.45, 7) is 6.32. The van der Waals surface area contributed by atoms with Gasteiger partial charge in [0.1, 0.15) is 6.10 Å². The highest BCUT2D eigenvalue weighted by molar-refractivity contribution is 7.09. The molecule has 3 aliphatic rings. The summed E-state index contributed by atoms with van der Waals surface area (Å²) in [4.78, 5) is 16.3. The van der Waals surface area contributed by atoms with Crippen molar-refractivity contribution in [2.75, 3.05) is 19.6 Å². The fraction of sp³-hybridized carbons (Fsp3) is 0.737. The van der Waals surface area contributed by atoms with Gasteiger partial charge in [0, 0.05) is 31.1 Å². The molecular formula is C19H28N2O2S. The van der Waals surface area contributed by atoms with Gasteiger partial charge >= 0.3 is 0 Å². The van der Waals surface area contributed by atoms with Crippen molar-refractivity contribution in [3.8, 4) is 0 Å². The minimum absolute atomic E-state index is 0.0759. The van der Waals surface area contributed by atoms with E-state index in [9.17, 15) is 4.79 Å². The van der Waals surface area contributed by atoms with Crippen LogP contribution in [-0.4, -0.2) is 42.1 Å². The topological polar surface area (TPSA) is 41.6 Å². The van der Waals surface area contributed by atoms with E-state index in [1.54, 1.807) is 0 Å². The van der Waals surface area contributed by atoms with Crippen LogP contribution in [0.4, 0.5) is 0 Å². The molecule has 5 heteroatoms. The number of amides is 1. The van der Waals surface area contributed by atoms with Crippen LogP contribution in [0.1, 0.15) is 43.9 Å². The number of likely N-dealkylation sites (tertiary alicyclic amines) is 1. The van der Waals surface area contributed by atoms with Crippen molar-refractivity contribution in [3.05, 3.63) is 22.4 Å². The first-order chi connectivity index (χ1) is 11.6. The Bertz CT molecular complexity index is 572. The highest BCUT2D eigenvalue weighted by Crippen LogP contribution is 2.42. The average Bonchev–Trinajstić information content (AvgIpc) is 3.07. The smallest absolute Gasteiger partial charge is 0.249 e. The van der Waals surface area contributed by atoms with Crippen LogP contribution in [0.15, 0.2) is 17.5 Å². The second-order valence-corrected chi connectivity index (χ2v) is 8.90. The Labute approximate surface area is 148 Å². The summed E-state index contributed by atoms with van der Waals surface area (Å²) in [7, 11) is 0. The van der Waals surface area contributed by atoms with Crippen LogP contribution in [0.25, 0.3) is 0 Å². The van der Waals surface area contributed by atoms with Gasteiger partial charge in [-0.05, 0) is 55.4 Å². The molecule has 24 heavy (non-hydrogen) atoms. The van der Waals surface area contributed by atoms with E-state index in [0.29, 0.717) is 5.92 Å². The number of piperidine rings is 1. The van der Waals surface area contributed by atoms with Gasteiger partial charge in [-0.2, -0.15) is 0 Å². The fourth-order valence-corrected chi connectivity index (χ4v) is 4.94. The summed E-state index contributed by atoms with van der Waals surface area (Å²) in [5.74, 6) is 1.32. The van der Waals surface area contributed by atoms with Gasteiger partial charge in [-0.1, -0.05) is 13.0 Å². The lowest BCUT2D eigenvalue weighted by atomic mass is 9.80. The number of nitrogens with zero attached hydrogens (tertiary/aromatic N) is 1. The highest BCUT2D eigenvalue weighted by Gasteiger charge is 2.48. The zero-order chi connectivity index (χ0) is 16.6. The van der Waals surface area contributed by atoms with Crippen molar-refractivity contribution >= 4 is 17.2 Å². The average molecular weight is 349 g/mol. The van der Waals surface area contributed by atoms with Gasteiger partial charge < -0.3 is 10.1 Å². The van der Waals surface area contributed by atoms with Crippen LogP contribution >= 0.6 is 11.3 Å². The molecule has 1 saturated carbocycles. The zero-order valence-electron chi connectivity index (χ0n) is 14.5. The third kappa shape index (κ3) is 3.53. The number of ether oxygens (including phenoxy) is 1. The molecule has 2 aliphatic heterocycles. The molecule has 1 spiro atoms. The molecule has 1 aromatic heterocycles. The molecule has 0 unspecified atom stereocenters. The quantitative estimate of drug-likeness (QED) is 0.889. The van der Waals surface area contributed by atoms with E-state index < -0.39 is 0 Å². The lowest BCUT2D eigenvalue weighted by Gasteiger charge is -2.44. The molecule has 132 valence electrons. The second kappa shape index (κ2) is 6.77. The Balaban J connectivity index is 1.30. The maximum atomic E-state index is 12.3. The van der Waals surface area contributed by atoms with E-state index in [-0.39, 0.29) is 17.6 Å². The maximum Gasteiger partial charge on any atom is 0.249 e. The Morgan fingerprint density at radius 2 is 2.29 bits per heavy atom. The first-order valence-corrected chi connectivity index (χ1v) is 10.2. The molecule has 1 amide bonds. The van der Waals surface area contributed by atoms with Crippen LogP contribution < -0.4 is 5.32 Å². The monoisotopic (exact) mass is 348 g/mol. The first-order valence-electron chi connectivity index (χ1n) is 9.35. The summed E-state index contributed by atoms with van der Waals surface area (Å²) in [5.41, 5.74) is -0.0759. The summed E-state index contributed by atoms with van der Waals surface area (Å²) in [6.07, 6.45) is 5.27. The molecule has 3 fully saturated rings. The van der Waals surface area contributed by atoms with Crippen molar-refractivity contribution in [2.45, 2.75) is 57.3 Å². The molecule has 1 aliphatic carbocycles. The van der Waals surface area contributed by atoms with E-state index in [1.165, 1.54) is 17.7 Å². The van der Waals surface area contributed by atoms with Gasteiger partial charge in [0.2, 0.25) is 5.91 Å². The fourth-order valence-electron chi connectivity index (χ4n) is 4.19. The molecule has 4 rings (SSSR count). The van der Waals surface area contributed by atoms with Crippen LogP contribution in [0, 0.1) is 11.8 Å². The Hall–Kier alpha value is -0.910. The van der Waals surface area contributed by atoms with E-state index in [4.69, 9.17) is 4.74 Å². The van der Waals surface area contributed by atoms with Gasteiger partial charge in [0.25, 0.3) is 0 Å². The summed E-state index contributed by atoms with van der Waals surface area (Å²) in [5, 5.41) is 5.24. The predicted molar refractivity (Wildman–Crippen MR) is 95.9 cm³/mol. The Morgan fingerprint density at radius 1 is 1.42 bits per heavy atom. The van der Waals surface area contributed by atoms with E-state index in [2.05, 4.69) is 34.7 Å². The predicted octanol–water partition coefficient (Wildman–Crippen LogP) is 3.03. The molecule has 0 aromatic carbocycles. The zero-order valence-corrected chi connectivity index (χ0v) is 15.3. The van der Waals surface area contributed by atoms with Crippen molar-refractivity contribution < 1.29 is 9.53 Å². The highest BCUT2D eigenvalue weighted by atomic mass is 32.1. The molecule has 1 aromatic rings. The molecule has 2 saturated heterocycles. The third-order valence-electron chi connectivity index (χ3n) is 6.00. The normalized spacial score (nSPS) is 33.9. The van der Waals surface area contributed by atoms with E-state index in [1.807, 2.05) is 11.3 Å². The number of thiophene rings is 1. The number of rotatable bonds is 5. The SMILES string of the molecule is C[C@H]1CN(Cc2cccs2)CC[C@]12CC[C@@H](C(=O)NCC1CC1)O2. The largest absolute Gasteiger partial charge is 0.362 e. The van der Waals surface area contributed by atoms with Crippen molar-refractivity contribution in [2.24, 2.45) is 11.8 Å². The molecular weight excluding hydrogens is 320 g/mol. The molecule has 4 nitrogen and oxygen atoms in total. The van der Waals surface area contributed by atoms with Crippen molar-refractivity contribution in [3.63, 3.8) is 0 Å². The summed E-state index contributed by atoms with van der Waals surface area (Å²) < 4.78 is 6.36. The lowest BCUT2D eigenvalue weighted by Crippen LogP contribution is -2.51. The number of carbonyl (C=O) groups excluding carboxylic acids is 1. The molecule has 3 atom stereocenters. The molecule has 3 heterocycles. The number of hydrogen-bond acceptors (Lipinski definition) is 4. The van der Waals surface area contributed by atoms with E-state index in [0.717, 1.165) is 51.4 Å². The Kier molecular flexibility index (Phi) is 4.67. The lowest BCUT2D eigenvalue weighted by molar-refractivity contribution is -0.147. The van der Waals surface area contributed by atoms with Crippen LogP contribution in [0.2, 0.25) is 0 Å². The van der Waals surface area contributed by atoms with Crippen molar-refractivity contribution in [1.29, 1.82) is 0 Å². The molecule has 0 radical (unpaired) electrons. The van der Waals surface area contributed by atoms with Crippen LogP contribution in [0.3, 0.4) is 0 Å². The van der Waals surface area contributed by atoms with Crippen LogP contribution in [0.5, 0.6) is 0 Å². The number of hydrogen-bond donors (Lipinski definition) is 1. The Morgan fingerprint density at radius 3 is 3.00 bits per heavy atom. The molecule has 0 bridgehead atoms. The first kappa shape index (κ1) is 16.6. The van der Waals surface area contributed by atoms with Gasteiger partial charge in [-0.25, -0.2) is 0 Å². The van der Waals surface area contributed by atoms with E-state index >= 15 is 0 Å². The third-order valence-corrected chi connectivity index (χ3v) is 6.86. The number of carbonyl (C=O) groups is 1. The van der Waals surface area contributed by atoms with Crippen molar-refractivity contribution in [1.82, 2.24) is 10.2 Å². The van der Waals surface area contributed by atoms with Crippen LogP contribution in [-0.2, 0) is 16.1 Å². The minimum Gasteiger partial charge on any atom is -0.362 e. The number of nitrogens with one attached hydrogen (secondary N) is 1.